The summed E-state index contributed by atoms with van der Waals surface area (Å²) in [5, 5.41) is 3.33. The third kappa shape index (κ3) is 3.97. The normalized spacial score (nSPS) is 15.8. The lowest BCUT2D eigenvalue weighted by Crippen LogP contribution is -2.42. The molecule has 0 aromatic heterocycles. The first-order valence-electron chi connectivity index (χ1n) is 7.51. The first kappa shape index (κ1) is 14.9. The van der Waals surface area contributed by atoms with Crippen LogP contribution in [-0.4, -0.2) is 50.1 Å². The van der Waals surface area contributed by atoms with E-state index in [0.717, 1.165) is 44.8 Å². The van der Waals surface area contributed by atoms with Gasteiger partial charge in [0.25, 0.3) is 0 Å². The highest BCUT2D eigenvalue weighted by atomic mass is 16.2. The Kier molecular flexibility index (Phi) is 5.41. The molecule has 2 rings (SSSR count). The molecule has 4 nitrogen and oxygen atoms in total. The molecule has 1 heterocycles. The highest BCUT2D eigenvalue weighted by molar-refractivity contribution is 5.81. The van der Waals surface area contributed by atoms with Gasteiger partial charge in [0.2, 0.25) is 5.91 Å². The average molecular weight is 275 g/mol. The molecule has 1 saturated heterocycles. The third-order valence-corrected chi connectivity index (χ3v) is 3.80. The minimum Gasteiger partial charge on any atom is -0.362 e. The average Bonchev–Trinajstić information content (AvgIpc) is 2.75. The molecule has 1 aliphatic rings. The number of hydrogen-bond acceptors (Lipinski definition) is 3. The molecule has 1 aromatic rings. The Morgan fingerprint density at radius 1 is 1.25 bits per heavy atom. The number of anilines is 1. The Labute approximate surface area is 121 Å². The molecule has 4 heteroatoms. The molecule has 0 radical (unpaired) electrons. The summed E-state index contributed by atoms with van der Waals surface area (Å²) < 4.78 is 0. The number of aryl methyl sites for hydroxylation is 1. The van der Waals surface area contributed by atoms with Crippen LogP contribution in [0.3, 0.4) is 0 Å². The molecule has 1 aromatic carbocycles. The largest absolute Gasteiger partial charge is 0.362 e. The van der Waals surface area contributed by atoms with Crippen molar-refractivity contribution in [3.8, 4) is 0 Å². The van der Waals surface area contributed by atoms with Gasteiger partial charge in [-0.25, -0.2) is 0 Å². The Balaban J connectivity index is 1.98. The molecule has 0 spiro atoms. The van der Waals surface area contributed by atoms with Gasteiger partial charge in [-0.3, -0.25) is 4.79 Å². The van der Waals surface area contributed by atoms with E-state index in [1.165, 1.54) is 5.56 Å². The molecule has 110 valence electrons. The molecule has 0 aliphatic carbocycles. The monoisotopic (exact) mass is 275 g/mol. The molecule has 0 saturated carbocycles. The van der Waals surface area contributed by atoms with Gasteiger partial charge in [0.05, 0.1) is 6.54 Å². The summed E-state index contributed by atoms with van der Waals surface area (Å²) in [7, 11) is 0. The van der Waals surface area contributed by atoms with Gasteiger partial charge >= 0.3 is 0 Å². The Morgan fingerprint density at radius 3 is 2.70 bits per heavy atom. The molecule has 1 N–H and O–H groups in total. The highest BCUT2D eigenvalue weighted by Gasteiger charge is 2.18. The maximum atomic E-state index is 12.4. The minimum atomic E-state index is 0.233. The fourth-order valence-corrected chi connectivity index (χ4v) is 2.50. The van der Waals surface area contributed by atoms with E-state index in [0.29, 0.717) is 6.54 Å². The molecular weight excluding hydrogens is 250 g/mol. The van der Waals surface area contributed by atoms with Crippen molar-refractivity contribution in [2.45, 2.75) is 20.3 Å². The Bertz CT molecular complexity index is 422. The number of nitrogens with one attached hydrogen (secondary N) is 1. The van der Waals surface area contributed by atoms with Gasteiger partial charge in [0.1, 0.15) is 0 Å². The SMILES string of the molecule is CCN(CC(=O)N1CCCNCC1)c1ccc(C)cc1. The number of rotatable bonds is 4. The van der Waals surface area contributed by atoms with E-state index in [-0.39, 0.29) is 5.91 Å². The summed E-state index contributed by atoms with van der Waals surface area (Å²) in [4.78, 5) is 16.5. The van der Waals surface area contributed by atoms with E-state index in [4.69, 9.17) is 0 Å². The van der Waals surface area contributed by atoms with E-state index in [1.807, 2.05) is 4.90 Å². The van der Waals surface area contributed by atoms with Crippen LogP contribution >= 0.6 is 0 Å². The number of benzene rings is 1. The van der Waals surface area contributed by atoms with Crippen LogP contribution in [0.1, 0.15) is 18.9 Å². The lowest BCUT2D eigenvalue weighted by atomic mass is 10.2. The Morgan fingerprint density at radius 2 is 2.00 bits per heavy atom. The van der Waals surface area contributed by atoms with Crippen LogP contribution in [0.25, 0.3) is 0 Å². The fraction of sp³-hybridized carbons (Fsp3) is 0.562. The quantitative estimate of drug-likeness (QED) is 0.907. The molecule has 1 amide bonds. The van der Waals surface area contributed by atoms with Crippen molar-refractivity contribution in [2.24, 2.45) is 0 Å². The standard InChI is InChI=1S/C16H25N3O/c1-3-18(15-7-5-14(2)6-8-15)13-16(20)19-11-4-9-17-10-12-19/h5-8,17H,3-4,9-13H2,1-2H3. The summed E-state index contributed by atoms with van der Waals surface area (Å²) in [6.07, 6.45) is 1.04. The maximum Gasteiger partial charge on any atom is 0.242 e. The van der Waals surface area contributed by atoms with Crippen molar-refractivity contribution >= 4 is 11.6 Å². The van der Waals surface area contributed by atoms with Gasteiger partial charge in [-0.05, 0) is 38.9 Å². The summed E-state index contributed by atoms with van der Waals surface area (Å²) in [5.74, 6) is 0.233. The number of carbonyl (C=O) groups is 1. The molecule has 0 bridgehead atoms. The first-order chi connectivity index (χ1) is 9.70. The van der Waals surface area contributed by atoms with E-state index in [9.17, 15) is 4.79 Å². The number of nitrogens with zero attached hydrogens (tertiary/aromatic N) is 2. The first-order valence-corrected chi connectivity index (χ1v) is 7.51. The second-order valence-electron chi connectivity index (χ2n) is 5.33. The maximum absolute atomic E-state index is 12.4. The van der Waals surface area contributed by atoms with Crippen molar-refractivity contribution in [3.05, 3.63) is 29.8 Å². The molecule has 1 fully saturated rings. The molecule has 0 atom stereocenters. The zero-order valence-electron chi connectivity index (χ0n) is 12.6. The fourth-order valence-electron chi connectivity index (χ4n) is 2.50. The van der Waals surface area contributed by atoms with E-state index in [1.54, 1.807) is 0 Å². The van der Waals surface area contributed by atoms with Crippen molar-refractivity contribution in [1.29, 1.82) is 0 Å². The van der Waals surface area contributed by atoms with Gasteiger partial charge in [0, 0.05) is 31.9 Å². The van der Waals surface area contributed by atoms with E-state index in [2.05, 4.69) is 48.3 Å². The minimum absolute atomic E-state index is 0.233. The molecule has 20 heavy (non-hydrogen) atoms. The number of carbonyl (C=O) groups excluding carboxylic acids is 1. The molecule has 0 unspecified atom stereocenters. The lowest BCUT2D eigenvalue weighted by Gasteiger charge is -2.27. The van der Waals surface area contributed by atoms with Crippen molar-refractivity contribution in [1.82, 2.24) is 10.2 Å². The lowest BCUT2D eigenvalue weighted by molar-refractivity contribution is -0.129. The van der Waals surface area contributed by atoms with Crippen molar-refractivity contribution in [2.75, 3.05) is 44.2 Å². The van der Waals surface area contributed by atoms with Crippen molar-refractivity contribution in [3.63, 3.8) is 0 Å². The Hall–Kier alpha value is -1.55. The van der Waals surface area contributed by atoms with E-state index < -0.39 is 0 Å². The zero-order valence-corrected chi connectivity index (χ0v) is 12.6. The topological polar surface area (TPSA) is 35.6 Å². The van der Waals surface area contributed by atoms with Crippen LogP contribution in [0.4, 0.5) is 5.69 Å². The van der Waals surface area contributed by atoms with Crippen molar-refractivity contribution < 1.29 is 4.79 Å². The zero-order chi connectivity index (χ0) is 14.4. The summed E-state index contributed by atoms with van der Waals surface area (Å²) >= 11 is 0. The summed E-state index contributed by atoms with van der Waals surface area (Å²) in [6.45, 7) is 9.11. The highest BCUT2D eigenvalue weighted by Crippen LogP contribution is 2.15. The molecular formula is C16H25N3O. The van der Waals surface area contributed by atoms with Gasteiger partial charge in [-0.15, -0.1) is 0 Å². The van der Waals surface area contributed by atoms with Crippen LogP contribution in [0.2, 0.25) is 0 Å². The summed E-state index contributed by atoms with van der Waals surface area (Å²) in [5.41, 5.74) is 2.37. The number of hydrogen-bond donors (Lipinski definition) is 1. The summed E-state index contributed by atoms with van der Waals surface area (Å²) in [6, 6.07) is 8.38. The molecule has 1 aliphatic heterocycles. The number of amides is 1. The van der Waals surface area contributed by atoms with Gasteiger partial charge in [-0.1, -0.05) is 17.7 Å². The second-order valence-corrected chi connectivity index (χ2v) is 5.33. The predicted octanol–water partition coefficient (Wildman–Crippen LogP) is 1.64. The second kappa shape index (κ2) is 7.29. The van der Waals surface area contributed by atoms with Crippen LogP contribution in [0.15, 0.2) is 24.3 Å². The van der Waals surface area contributed by atoms with E-state index >= 15 is 0 Å². The van der Waals surface area contributed by atoms with Gasteiger partial charge in [-0.2, -0.15) is 0 Å². The van der Waals surface area contributed by atoms with Crippen LogP contribution in [0.5, 0.6) is 0 Å². The predicted molar refractivity (Wildman–Crippen MR) is 83.1 cm³/mol. The van der Waals surface area contributed by atoms with Crippen LogP contribution in [0, 0.1) is 6.92 Å². The van der Waals surface area contributed by atoms with Gasteiger partial charge in [0.15, 0.2) is 0 Å². The van der Waals surface area contributed by atoms with Gasteiger partial charge < -0.3 is 15.1 Å². The van der Waals surface area contributed by atoms with Crippen LogP contribution in [-0.2, 0) is 4.79 Å². The third-order valence-electron chi connectivity index (χ3n) is 3.80. The number of likely N-dealkylation sites (N-methyl/N-ethyl adjacent to an activating group) is 1. The van der Waals surface area contributed by atoms with Crippen LogP contribution < -0.4 is 10.2 Å². The smallest absolute Gasteiger partial charge is 0.242 e.